The lowest BCUT2D eigenvalue weighted by Gasteiger charge is -2.25. The molecular weight excluding hydrogens is 470 g/mol. The lowest BCUT2D eigenvalue weighted by Crippen LogP contribution is -2.16. The highest BCUT2D eigenvalue weighted by atomic mass is 14.7. The molecule has 8 rings (SSSR count). The topological polar surface area (TPSA) is 12.9 Å². The van der Waals surface area contributed by atoms with Crippen LogP contribution in [0.15, 0.2) is 127 Å². The zero-order valence-corrected chi connectivity index (χ0v) is 22.1. The van der Waals surface area contributed by atoms with E-state index < -0.39 is 0 Å². The van der Waals surface area contributed by atoms with Gasteiger partial charge in [-0.15, -0.1) is 0 Å². The molecule has 1 heterocycles. The van der Waals surface area contributed by atoms with Gasteiger partial charge in [0, 0.05) is 16.5 Å². The number of rotatable bonds is 2. The highest BCUT2D eigenvalue weighted by molar-refractivity contribution is 6.27. The number of benzene rings is 6. The fourth-order valence-electron chi connectivity index (χ4n) is 6.82. The maximum atomic E-state index is 5.06. The average Bonchev–Trinajstić information content (AvgIpc) is 3.23. The molecule has 0 radical (unpaired) electrons. The van der Waals surface area contributed by atoms with Gasteiger partial charge in [-0.3, -0.25) is 0 Å². The van der Waals surface area contributed by atoms with Crippen LogP contribution in [0, 0.1) is 0 Å². The summed E-state index contributed by atoms with van der Waals surface area (Å²) in [4.78, 5) is 5.06. The van der Waals surface area contributed by atoms with E-state index >= 15 is 0 Å². The van der Waals surface area contributed by atoms with E-state index in [0.29, 0.717) is 0 Å². The fraction of sp³-hybridized carbons (Fsp3) is 0.0789. The summed E-state index contributed by atoms with van der Waals surface area (Å²) in [7, 11) is 0. The Balaban J connectivity index is 1.36. The third-order valence-corrected chi connectivity index (χ3v) is 8.63. The Morgan fingerprint density at radius 2 is 1.03 bits per heavy atom. The second-order valence-corrected chi connectivity index (χ2v) is 11.2. The lowest BCUT2D eigenvalue weighted by molar-refractivity contribution is 0.667. The van der Waals surface area contributed by atoms with Gasteiger partial charge in [-0.2, -0.15) is 0 Å². The molecule has 0 fully saturated rings. The van der Waals surface area contributed by atoms with Crippen molar-refractivity contribution in [2.75, 3.05) is 0 Å². The summed E-state index contributed by atoms with van der Waals surface area (Å²) >= 11 is 0. The van der Waals surface area contributed by atoms with Gasteiger partial charge < -0.3 is 0 Å². The number of nitrogens with zero attached hydrogens (tertiary/aromatic N) is 1. The van der Waals surface area contributed by atoms with Crippen LogP contribution in [0.2, 0.25) is 0 Å². The van der Waals surface area contributed by atoms with E-state index in [9.17, 15) is 0 Å². The zero-order chi connectivity index (χ0) is 26.1. The van der Waals surface area contributed by atoms with Crippen LogP contribution < -0.4 is 0 Å². The maximum absolute atomic E-state index is 5.06. The van der Waals surface area contributed by atoms with Gasteiger partial charge in [0.25, 0.3) is 0 Å². The summed E-state index contributed by atoms with van der Waals surface area (Å²) in [5.41, 5.74) is 9.63. The Morgan fingerprint density at radius 1 is 0.462 bits per heavy atom. The smallest absolute Gasteiger partial charge is 0.0709 e. The van der Waals surface area contributed by atoms with E-state index in [1.807, 2.05) is 6.07 Å². The molecule has 184 valence electrons. The molecular formula is C38H27N. The van der Waals surface area contributed by atoms with E-state index in [-0.39, 0.29) is 5.41 Å². The highest BCUT2D eigenvalue weighted by Crippen LogP contribution is 2.54. The van der Waals surface area contributed by atoms with Crippen LogP contribution in [-0.4, -0.2) is 4.98 Å². The molecule has 0 bridgehead atoms. The Bertz CT molecular complexity index is 2050. The molecule has 1 aromatic heterocycles. The SMILES string of the molecule is CC1(C)c2cc(-c3cccc(-c4ccccc4)n3)ccc2-c2ccc3c4ccccc4c4ccccc4c3c21. The van der Waals surface area contributed by atoms with Gasteiger partial charge in [0.2, 0.25) is 0 Å². The van der Waals surface area contributed by atoms with E-state index in [1.54, 1.807) is 0 Å². The molecule has 0 spiro atoms. The van der Waals surface area contributed by atoms with E-state index in [4.69, 9.17) is 4.98 Å². The van der Waals surface area contributed by atoms with Gasteiger partial charge in [0.05, 0.1) is 11.4 Å². The van der Waals surface area contributed by atoms with E-state index in [2.05, 4.69) is 135 Å². The molecule has 0 atom stereocenters. The normalized spacial score (nSPS) is 13.6. The van der Waals surface area contributed by atoms with Crippen LogP contribution in [0.3, 0.4) is 0 Å². The van der Waals surface area contributed by atoms with Gasteiger partial charge in [0.1, 0.15) is 0 Å². The van der Waals surface area contributed by atoms with Crippen molar-refractivity contribution in [1.82, 2.24) is 4.98 Å². The van der Waals surface area contributed by atoms with Crippen molar-refractivity contribution in [3.63, 3.8) is 0 Å². The van der Waals surface area contributed by atoms with Gasteiger partial charge in [-0.05, 0) is 72.8 Å². The minimum Gasteiger partial charge on any atom is -0.248 e. The van der Waals surface area contributed by atoms with Crippen molar-refractivity contribution < 1.29 is 0 Å². The molecule has 0 saturated heterocycles. The molecule has 39 heavy (non-hydrogen) atoms. The van der Waals surface area contributed by atoms with Gasteiger partial charge in [-0.1, -0.05) is 123 Å². The molecule has 0 amide bonds. The predicted molar refractivity (Wildman–Crippen MR) is 165 cm³/mol. The Labute approximate surface area is 228 Å². The second-order valence-electron chi connectivity index (χ2n) is 11.2. The minimum absolute atomic E-state index is 0.150. The zero-order valence-electron chi connectivity index (χ0n) is 22.1. The Morgan fingerprint density at radius 3 is 1.74 bits per heavy atom. The van der Waals surface area contributed by atoms with Crippen LogP contribution >= 0.6 is 0 Å². The van der Waals surface area contributed by atoms with E-state index in [0.717, 1.165) is 22.5 Å². The van der Waals surface area contributed by atoms with Gasteiger partial charge >= 0.3 is 0 Å². The minimum atomic E-state index is -0.150. The summed E-state index contributed by atoms with van der Waals surface area (Å²) < 4.78 is 0. The van der Waals surface area contributed by atoms with Crippen molar-refractivity contribution >= 4 is 32.3 Å². The van der Waals surface area contributed by atoms with Crippen LogP contribution in [0.25, 0.3) is 66.0 Å². The molecule has 0 saturated carbocycles. The number of pyridine rings is 1. The number of fused-ring (bicyclic) bond motifs is 10. The van der Waals surface area contributed by atoms with Gasteiger partial charge in [-0.25, -0.2) is 4.98 Å². The van der Waals surface area contributed by atoms with Crippen LogP contribution in [0.1, 0.15) is 25.0 Å². The number of hydrogen-bond acceptors (Lipinski definition) is 1. The molecule has 0 unspecified atom stereocenters. The molecule has 1 aliphatic carbocycles. The summed E-state index contributed by atoms with van der Waals surface area (Å²) in [5, 5.41) is 8.02. The van der Waals surface area contributed by atoms with Crippen LogP contribution in [0.4, 0.5) is 0 Å². The van der Waals surface area contributed by atoms with Crippen molar-refractivity contribution in [1.29, 1.82) is 0 Å². The standard InChI is InChI=1S/C38H27N/c1-38(2)33-23-25(35-18-10-17-34(39-35)24-11-4-3-5-12-24)19-20-29(33)32-22-21-31-28-15-7-6-13-26(28)27-14-8-9-16-30(27)36(31)37(32)38/h3-23H,1-2H3. The van der Waals surface area contributed by atoms with Gasteiger partial charge in [0.15, 0.2) is 0 Å². The molecule has 1 aliphatic rings. The first-order valence-corrected chi connectivity index (χ1v) is 13.7. The van der Waals surface area contributed by atoms with Crippen molar-refractivity contribution in [3.8, 4) is 33.6 Å². The fourth-order valence-corrected chi connectivity index (χ4v) is 6.82. The molecule has 0 N–H and O–H groups in total. The first-order valence-electron chi connectivity index (χ1n) is 13.7. The van der Waals surface area contributed by atoms with Crippen molar-refractivity contribution in [2.45, 2.75) is 19.3 Å². The summed E-state index contributed by atoms with van der Waals surface area (Å²) in [6, 6.07) is 46.1. The quantitative estimate of drug-likeness (QED) is 0.217. The largest absolute Gasteiger partial charge is 0.248 e. The van der Waals surface area contributed by atoms with Crippen LogP contribution in [0.5, 0.6) is 0 Å². The third-order valence-electron chi connectivity index (χ3n) is 8.63. The molecule has 6 aromatic carbocycles. The first kappa shape index (κ1) is 22.3. The number of aromatic nitrogens is 1. The first-order chi connectivity index (χ1) is 19.1. The van der Waals surface area contributed by atoms with Crippen LogP contribution in [-0.2, 0) is 5.41 Å². The predicted octanol–water partition coefficient (Wildman–Crippen LogP) is 10.2. The molecule has 1 nitrogen and oxygen atoms in total. The highest BCUT2D eigenvalue weighted by Gasteiger charge is 2.38. The summed E-state index contributed by atoms with van der Waals surface area (Å²) in [6.45, 7) is 4.78. The monoisotopic (exact) mass is 497 g/mol. The Kier molecular flexibility index (Phi) is 4.63. The van der Waals surface area contributed by atoms with Crippen molar-refractivity contribution in [3.05, 3.63) is 139 Å². The second kappa shape index (κ2) is 8.12. The lowest BCUT2D eigenvalue weighted by atomic mass is 9.78. The average molecular weight is 498 g/mol. The molecule has 0 aliphatic heterocycles. The molecule has 7 aromatic rings. The number of hydrogen-bond donors (Lipinski definition) is 0. The van der Waals surface area contributed by atoms with E-state index in [1.165, 1.54) is 54.6 Å². The summed E-state index contributed by atoms with van der Waals surface area (Å²) in [5.74, 6) is 0. The van der Waals surface area contributed by atoms with Crippen molar-refractivity contribution in [2.24, 2.45) is 0 Å². The Hall–Kier alpha value is -4.75. The third kappa shape index (κ3) is 3.17. The molecule has 1 heteroatoms. The summed E-state index contributed by atoms with van der Waals surface area (Å²) in [6.07, 6.45) is 0. The maximum Gasteiger partial charge on any atom is 0.0709 e.